The lowest BCUT2D eigenvalue weighted by atomic mass is 10.1. The molecule has 35 heavy (non-hydrogen) atoms. The summed E-state index contributed by atoms with van der Waals surface area (Å²) in [5.41, 5.74) is 0. The Balaban J connectivity index is 1.92. The van der Waals surface area contributed by atoms with Crippen molar-refractivity contribution in [1.82, 2.24) is 0 Å². The predicted molar refractivity (Wildman–Crippen MR) is 145 cm³/mol. The first-order valence-corrected chi connectivity index (χ1v) is 15.1. The van der Waals surface area contributed by atoms with Crippen molar-refractivity contribution in [2.45, 2.75) is 116 Å². The van der Waals surface area contributed by atoms with Crippen LogP contribution in [0, 0.1) is 0 Å². The average Bonchev–Trinajstić information content (AvgIpc) is 3.56. The Labute approximate surface area is 219 Å². The maximum atomic E-state index is 13.0. The number of ether oxygens (including phenoxy) is 3. The highest BCUT2D eigenvalue weighted by Gasteiger charge is 2.30. The van der Waals surface area contributed by atoms with E-state index in [1.54, 1.807) is 0 Å². The molecule has 0 aliphatic rings. The van der Waals surface area contributed by atoms with Crippen LogP contribution in [0.5, 0.6) is 10.1 Å². The van der Waals surface area contributed by atoms with Gasteiger partial charge in [0.1, 0.15) is 0 Å². The summed E-state index contributed by atoms with van der Waals surface area (Å²) in [5.74, 6) is -1.25. The molecule has 2 atom stereocenters. The van der Waals surface area contributed by atoms with Crippen molar-refractivity contribution in [1.29, 1.82) is 0 Å². The fraction of sp³-hybridized carbons (Fsp3) is 0.643. The molecule has 0 radical (unpaired) electrons. The number of unbranched alkanes of at least 4 members (excludes halogenated alkanes) is 10. The van der Waals surface area contributed by atoms with E-state index in [2.05, 4.69) is 13.8 Å². The van der Waals surface area contributed by atoms with Gasteiger partial charge in [-0.25, -0.2) is 9.59 Å². The van der Waals surface area contributed by atoms with Crippen LogP contribution in [-0.4, -0.2) is 24.1 Å². The van der Waals surface area contributed by atoms with Gasteiger partial charge in [0.25, 0.3) is 0 Å². The van der Waals surface area contributed by atoms with Crippen molar-refractivity contribution in [3.8, 4) is 10.1 Å². The SMILES string of the molecule is CCCCCCCCC(Oc1cccs1)C(=O)OC(=O)C(CCCCCCCC)Oc1cccs1. The molecule has 2 heterocycles. The standard InChI is InChI=1S/C28H42O5S2/c1-3-5-7-9-11-13-17-23(31-25-19-15-21-34-25)27(29)33-28(30)24(32-26-20-16-22-35-26)18-14-12-10-8-6-4-2/h15-16,19-24H,3-14,17-18H2,1-2H3. The first kappa shape index (κ1) is 29.4. The summed E-state index contributed by atoms with van der Waals surface area (Å²) in [6.45, 7) is 4.39. The Morgan fingerprint density at radius 1 is 0.657 bits per heavy atom. The Kier molecular flexibility index (Phi) is 15.5. The van der Waals surface area contributed by atoms with Crippen LogP contribution in [0.15, 0.2) is 35.0 Å². The Hall–Kier alpha value is -1.86. The van der Waals surface area contributed by atoms with E-state index in [1.165, 1.54) is 61.2 Å². The number of thiophene rings is 2. The molecule has 196 valence electrons. The molecular weight excluding hydrogens is 480 g/mol. The molecule has 2 unspecified atom stereocenters. The van der Waals surface area contributed by atoms with Crippen molar-refractivity contribution in [2.75, 3.05) is 0 Å². The third-order valence-corrected chi connectivity index (χ3v) is 7.39. The van der Waals surface area contributed by atoms with Gasteiger partial charge < -0.3 is 14.2 Å². The zero-order valence-corrected chi connectivity index (χ0v) is 23.0. The van der Waals surface area contributed by atoms with Crippen molar-refractivity contribution >= 4 is 34.6 Å². The number of hydrogen-bond acceptors (Lipinski definition) is 7. The van der Waals surface area contributed by atoms with E-state index >= 15 is 0 Å². The maximum absolute atomic E-state index is 13.0. The van der Waals surface area contributed by atoms with Gasteiger partial charge >= 0.3 is 11.9 Å². The summed E-state index contributed by atoms with van der Waals surface area (Å²) < 4.78 is 17.2. The molecule has 5 nitrogen and oxygen atoms in total. The first-order valence-electron chi connectivity index (χ1n) is 13.3. The Morgan fingerprint density at radius 3 is 1.43 bits per heavy atom. The van der Waals surface area contributed by atoms with Gasteiger partial charge in [0.05, 0.1) is 0 Å². The van der Waals surface area contributed by atoms with Crippen LogP contribution in [-0.2, 0) is 14.3 Å². The summed E-state index contributed by atoms with van der Waals surface area (Å²) >= 11 is 2.86. The smallest absolute Gasteiger partial charge is 0.355 e. The second-order valence-electron chi connectivity index (χ2n) is 8.93. The van der Waals surface area contributed by atoms with Gasteiger partial charge in [-0.05, 0) is 60.7 Å². The summed E-state index contributed by atoms with van der Waals surface area (Å²) in [4.78, 5) is 26.0. The van der Waals surface area contributed by atoms with Crippen LogP contribution < -0.4 is 9.47 Å². The van der Waals surface area contributed by atoms with Gasteiger partial charge in [-0.1, -0.05) is 78.1 Å². The van der Waals surface area contributed by atoms with Crippen molar-refractivity contribution in [3.63, 3.8) is 0 Å². The molecule has 0 aliphatic carbocycles. The molecule has 0 amide bonds. The van der Waals surface area contributed by atoms with E-state index < -0.39 is 24.1 Å². The minimum atomic E-state index is -0.791. The molecule has 2 rings (SSSR count). The third-order valence-electron chi connectivity index (χ3n) is 5.87. The normalized spacial score (nSPS) is 12.7. The lowest BCUT2D eigenvalue weighted by Crippen LogP contribution is -2.36. The van der Waals surface area contributed by atoms with E-state index in [9.17, 15) is 9.59 Å². The van der Waals surface area contributed by atoms with Crippen molar-refractivity contribution in [2.24, 2.45) is 0 Å². The van der Waals surface area contributed by atoms with Gasteiger partial charge in [0.2, 0.25) is 0 Å². The average molecular weight is 523 g/mol. The minimum Gasteiger partial charge on any atom is -0.469 e. The topological polar surface area (TPSA) is 61.8 Å². The lowest BCUT2D eigenvalue weighted by molar-refractivity contribution is -0.169. The van der Waals surface area contributed by atoms with E-state index in [4.69, 9.17) is 14.2 Å². The number of esters is 2. The van der Waals surface area contributed by atoms with Crippen LogP contribution in [0.25, 0.3) is 0 Å². The van der Waals surface area contributed by atoms with Gasteiger partial charge in [0.15, 0.2) is 22.3 Å². The van der Waals surface area contributed by atoms with Crippen LogP contribution in [0.4, 0.5) is 0 Å². The number of carbonyl (C=O) groups is 2. The molecule has 0 N–H and O–H groups in total. The first-order chi connectivity index (χ1) is 17.1. The molecule has 2 aromatic rings. The van der Waals surface area contributed by atoms with E-state index in [0.717, 1.165) is 38.5 Å². The zero-order valence-electron chi connectivity index (χ0n) is 21.4. The molecule has 7 heteroatoms. The summed E-state index contributed by atoms with van der Waals surface area (Å²) in [7, 11) is 0. The fourth-order valence-electron chi connectivity index (χ4n) is 3.84. The van der Waals surface area contributed by atoms with E-state index in [0.29, 0.717) is 23.0 Å². The summed E-state index contributed by atoms with van der Waals surface area (Å²) in [6.07, 6.45) is 12.8. The largest absolute Gasteiger partial charge is 0.469 e. The quantitative estimate of drug-likeness (QED) is 0.0990. The predicted octanol–water partition coefficient (Wildman–Crippen LogP) is 8.58. The molecule has 0 spiro atoms. The number of hydrogen-bond donors (Lipinski definition) is 0. The third kappa shape index (κ3) is 12.6. The molecule has 0 aromatic carbocycles. The molecular formula is C28H42O5S2. The van der Waals surface area contributed by atoms with E-state index in [1.807, 2.05) is 35.0 Å². The van der Waals surface area contributed by atoms with Gasteiger partial charge in [-0.15, -0.1) is 22.7 Å². The maximum Gasteiger partial charge on any atom is 0.355 e. The van der Waals surface area contributed by atoms with Crippen LogP contribution in [0.1, 0.15) is 104 Å². The fourth-order valence-corrected chi connectivity index (χ4v) is 5.08. The van der Waals surface area contributed by atoms with Gasteiger partial charge in [0, 0.05) is 0 Å². The summed E-state index contributed by atoms with van der Waals surface area (Å²) in [6, 6.07) is 7.41. The monoisotopic (exact) mass is 522 g/mol. The van der Waals surface area contributed by atoms with Crippen molar-refractivity contribution in [3.05, 3.63) is 35.0 Å². The molecule has 0 bridgehead atoms. The summed E-state index contributed by atoms with van der Waals surface area (Å²) in [5, 5.41) is 5.12. The second kappa shape index (κ2) is 18.4. The Bertz CT molecular complexity index is 722. The van der Waals surface area contributed by atoms with Gasteiger partial charge in [-0.3, -0.25) is 0 Å². The zero-order chi connectivity index (χ0) is 25.1. The minimum absolute atomic E-state index is 0.532. The Morgan fingerprint density at radius 2 is 1.06 bits per heavy atom. The van der Waals surface area contributed by atoms with Crippen LogP contribution >= 0.6 is 22.7 Å². The molecule has 0 saturated heterocycles. The van der Waals surface area contributed by atoms with Crippen LogP contribution in [0.2, 0.25) is 0 Å². The molecule has 0 aliphatic heterocycles. The highest BCUT2D eigenvalue weighted by atomic mass is 32.1. The lowest BCUT2D eigenvalue weighted by Gasteiger charge is -2.19. The molecule has 0 saturated carbocycles. The highest BCUT2D eigenvalue weighted by Crippen LogP contribution is 2.24. The van der Waals surface area contributed by atoms with Crippen LogP contribution in [0.3, 0.4) is 0 Å². The molecule has 2 aromatic heterocycles. The second-order valence-corrected chi connectivity index (χ2v) is 10.8. The highest BCUT2D eigenvalue weighted by molar-refractivity contribution is 7.12. The number of carbonyl (C=O) groups excluding carboxylic acids is 2. The van der Waals surface area contributed by atoms with Crippen molar-refractivity contribution < 1.29 is 23.8 Å². The van der Waals surface area contributed by atoms with Gasteiger partial charge in [-0.2, -0.15) is 0 Å². The molecule has 0 fully saturated rings. The number of rotatable bonds is 20. The van der Waals surface area contributed by atoms with E-state index in [-0.39, 0.29) is 0 Å².